The molecule has 0 radical (unpaired) electrons. The lowest BCUT2D eigenvalue weighted by Gasteiger charge is -2.06. The number of esters is 1. The minimum absolute atomic E-state index is 0.180. The molecular weight excluding hydrogens is 247 g/mol. The molecule has 0 bridgehead atoms. The largest absolute Gasteiger partial charge is 0.488 e. The molecule has 0 amide bonds. The van der Waals surface area contributed by atoms with Crippen molar-refractivity contribution in [2.24, 2.45) is 0 Å². The van der Waals surface area contributed by atoms with Gasteiger partial charge in [-0.25, -0.2) is 4.79 Å². The summed E-state index contributed by atoms with van der Waals surface area (Å²) in [6, 6.07) is 6.72. The summed E-state index contributed by atoms with van der Waals surface area (Å²) >= 11 is 0. The van der Waals surface area contributed by atoms with Crippen LogP contribution in [0.2, 0.25) is 0 Å². The van der Waals surface area contributed by atoms with Crippen LogP contribution in [0.4, 0.5) is 0 Å². The van der Waals surface area contributed by atoms with E-state index < -0.39 is 13.1 Å². The Bertz CT molecular complexity index is 427. The number of carbonyl (C=O) groups is 1. The molecule has 0 atom stereocenters. The fraction of sp³-hybridized carbons (Fsp3) is 0.308. The zero-order valence-corrected chi connectivity index (χ0v) is 10.8. The van der Waals surface area contributed by atoms with E-state index in [-0.39, 0.29) is 6.61 Å². The van der Waals surface area contributed by atoms with Crippen molar-refractivity contribution < 1.29 is 24.3 Å². The lowest BCUT2D eigenvalue weighted by atomic mass is 9.80. The molecule has 0 aliphatic heterocycles. The van der Waals surface area contributed by atoms with Crippen LogP contribution in [0.25, 0.3) is 0 Å². The summed E-state index contributed by atoms with van der Waals surface area (Å²) in [6.07, 6.45) is 0. The third-order valence-corrected chi connectivity index (χ3v) is 2.36. The fourth-order valence-electron chi connectivity index (χ4n) is 1.29. The van der Waals surface area contributed by atoms with E-state index in [1.54, 1.807) is 31.2 Å². The van der Waals surface area contributed by atoms with Crippen LogP contribution in [0.3, 0.4) is 0 Å². The van der Waals surface area contributed by atoms with E-state index >= 15 is 0 Å². The summed E-state index contributed by atoms with van der Waals surface area (Å²) in [5.41, 5.74) is 1.69. The maximum atomic E-state index is 11.1. The monoisotopic (exact) mass is 264 g/mol. The molecule has 6 heteroatoms. The quantitative estimate of drug-likeness (QED) is 0.314. The van der Waals surface area contributed by atoms with Gasteiger partial charge in [0.15, 0.2) is 0 Å². The number of benzene rings is 1. The molecule has 1 aromatic carbocycles. The van der Waals surface area contributed by atoms with Gasteiger partial charge in [-0.1, -0.05) is 30.8 Å². The van der Waals surface area contributed by atoms with Crippen LogP contribution in [-0.2, 0) is 20.9 Å². The second kappa shape index (κ2) is 7.73. The standard InChI is InChI=1S/C13H17BO5/c1-10(2)13(15)19-8-7-18-9-11-3-5-12(6-4-11)14(16)17/h3-6,16-17H,1,7-9H2,2H3. The number of rotatable bonds is 7. The number of ether oxygens (including phenoxy) is 2. The van der Waals surface area contributed by atoms with Crippen molar-refractivity contribution in [3.63, 3.8) is 0 Å². The number of carbonyl (C=O) groups excluding carboxylic acids is 1. The minimum atomic E-state index is -1.46. The average molecular weight is 264 g/mol. The topological polar surface area (TPSA) is 76.0 Å². The van der Waals surface area contributed by atoms with Crippen LogP contribution in [0, 0.1) is 0 Å². The Hall–Kier alpha value is -1.63. The van der Waals surface area contributed by atoms with Crippen LogP contribution in [0.15, 0.2) is 36.4 Å². The van der Waals surface area contributed by atoms with Crippen LogP contribution in [0.5, 0.6) is 0 Å². The van der Waals surface area contributed by atoms with Crippen LogP contribution >= 0.6 is 0 Å². The molecule has 0 aliphatic rings. The van der Waals surface area contributed by atoms with Crippen molar-refractivity contribution in [2.45, 2.75) is 13.5 Å². The molecule has 0 saturated heterocycles. The van der Waals surface area contributed by atoms with Crippen molar-refractivity contribution in [2.75, 3.05) is 13.2 Å². The molecule has 0 aliphatic carbocycles. The van der Waals surface area contributed by atoms with Gasteiger partial charge in [0, 0.05) is 5.57 Å². The van der Waals surface area contributed by atoms with E-state index in [4.69, 9.17) is 19.5 Å². The second-order valence-electron chi connectivity index (χ2n) is 4.08. The number of hydrogen-bond donors (Lipinski definition) is 2. The third kappa shape index (κ3) is 5.70. The maximum absolute atomic E-state index is 11.1. The van der Waals surface area contributed by atoms with Gasteiger partial charge in [0.05, 0.1) is 13.2 Å². The highest BCUT2D eigenvalue weighted by atomic mass is 16.6. The first-order chi connectivity index (χ1) is 9.00. The normalized spacial score (nSPS) is 10.1. The Kier molecular flexibility index (Phi) is 6.28. The molecule has 0 heterocycles. The Morgan fingerprint density at radius 3 is 2.42 bits per heavy atom. The second-order valence-corrected chi connectivity index (χ2v) is 4.08. The van der Waals surface area contributed by atoms with Gasteiger partial charge < -0.3 is 19.5 Å². The summed E-state index contributed by atoms with van der Waals surface area (Å²) in [5, 5.41) is 17.9. The lowest BCUT2D eigenvalue weighted by Crippen LogP contribution is -2.29. The molecule has 5 nitrogen and oxygen atoms in total. The van der Waals surface area contributed by atoms with E-state index in [9.17, 15) is 4.79 Å². The maximum Gasteiger partial charge on any atom is 0.488 e. The molecule has 0 unspecified atom stereocenters. The predicted molar refractivity (Wildman–Crippen MR) is 71.7 cm³/mol. The Labute approximate surface area is 112 Å². The van der Waals surface area contributed by atoms with Gasteiger partial charge in [-0.15, -0.1) is 0 Å². The highest BCUT2D eigenvalue weighted by Crippen LogP contribution is 2.00. The molecule has 0 spiro atoms. The Morgan fingerprint density at radius 1 is 1.26 bits per heavy atom. The first kappa shape index (κ1) is 15.4. The van der Waals surface area contributed by atoms with E-state index in [0.717, 1.165) is 5.56 Å². The van der Waals surface area contributed by atoms with Crippen LogP contribution in [0.1, 0.15) is 12.5 Å². The van der Waals surface area contributed by atoms with Crippen LogP contribution < -0.4 is 5.46 Å². The SMILES string of the molecule is C=C(C)C(=O)OCCOCc1ccc(B(O)O)cc1. The molecule has 0 fully saturated rings. The molecule has 0 saturated carbocycles. The average Bonchev–Trinajstić information content (AvgIpc) is 2.38. The fourth-order valence-corrected chi connectivity index (χ4v) is 1.29. The van der Waals surface area contributed by atoms with E-state index in [0.29, 0.717) is 24.2 Å². The zero-order chi connectivity index (χ0) is 14.3. The lowest BCUT2D eigenvalue weighted by molar-refractivity contribution is -0.140. The van der Waals surface area contributed by atoms with Crippen molar-refractivity contribution in [1.82, 2.24) is 0 Å². The number of hydrogen-bond acceptors (Lipinski definition) is 5. The summed E-state index contributed by atoms with van der Waals surface area (Å²) in [4.78, 5) is 11.1. The first-order valence-electron chi connectivity index (χ1n) is 5.86. The summed E-state index contributed by atoms with van der Waals surface area (Å²) in [7, 11) is -1.46. The van der Waals surface area contributed by atoms with Gasteiger partial charge in [-0.2, -0.15) is 0 Å². The molecule has 19 heavy (non-hydrogen) atoms. The van der Waals surface area contributed by atoms with E-state index in [1.165, 1.54) is 0 Å². The van der Waals surface area contributed by atoms with Gasteiger partial charge in [0.1, 0.15) is 6.61 Å². The highest BCUT2D eigenvalue weighted by Gasteiger charge is 2.09. The van der Waals surface area contributed by atoms with Gasteiger partial charge in [-0.3, -0.25) is 0 Å². The van der Waals surface area contributed by atoms with E-state index in [2.05, 4.69) is 6.58 Å². The first-order valence-corrected chi connectivity index (χ1v) is 5.86. The molecule has 0 aromatic heterocycles. The zero-order valence-electron chi connectivity index (χ0n) is 10.8. The molecule has 1 rings (SSSR count). The van der Waals surface area contributed by atoms with Crippen molar-refractivity contribution in [1.29, 1.82) is 0 Å². The Morgan fingerprint density at radius 2 is 1.89 bits per heavy atom. The Balaban J connectivity index is 2.22. The van der Waals surface area contributed by atoms with E-state index in [1.807, 2.05) is 0 Å². The molecule has 1 aromatic rings. The van der Waals surface area contributed by atoms with Crippen molar-refractivity contribution in [3.05, 3.63) is 42.0 Å². The third-order valence-electron chi connectivity index (χ3n) is 2.36. The minimum Gasteiger partial charge on any atom is -0.460 e. The van der Waals surface area contributed by atoms with Crippen molar-refractivity contribution >= 4 is 18.6 Å². The van der Waals surface area contributed by atoms with Gasteiger partial charge >= 0.3 is 13.1 Å². The molecular formula is C13H17BO5. The molecule has 2 N–H and O–H groups in total. The summed E-state index contributed by atoms with van der Waals surface area (Å²) < 4.78 is 10.2. The van der Waals surface area contributed by atoms with Gasteiger partial charge in [0.2, 0.25) is 0 Å². The van der Waals surface area contributed by atoms with Gasteiger partial charge in [-0.05, 0) is 17.9 Å². The van der Waals surface area contributed by atoms with Crippen LogP contribution in [-0.4, -0.2) is 36.3 Å². The predicted octanol–water partition coefficient (Wildman–Crippen LogP) is 0.00230. The molecule has 102 valence electrons. The highest BCUT2D eigenvalue weighted by molar-refractivity contribution is 6.58. The van der Waals surface area contributed by atoms with Gasteiger partial charge in [0.25, 0.3) is 0 Å². The summed E-state index contributed by atoms with van der Waals surface area (Å²) in [6.45, 7) is 5.89. The summed E-state index contributed by atoms with van der Waals surface area (Å²) in [5.74, 6) is -0.426. The smallest absolute Gasteiger partial charge is 0.460 e. The van der Waals surface area contributed by atoms with Crippen molar-refractivity contribution in [3.8, 4) is 0 Å².